The number of aliphatic hydroxyl groups is 1. The van der Waals surface area contributed by atoms with Gasteiger partial charge in [-0.2, -0.15) is 0 Å². The highest BCUT2D eigenvalue weighted by Gasteiger charge is 2.32. The standard InChI is InChI=1S/C28H29NO3/c1-19-8-2-3-9-21(19)27(30)20-14-16-29(17-15-20)28(31)32-18-26-24-12-6-4-10-22(24)23-11-5-7-13-25(23)26/h2-13,20,26-27,30H,14-18H2,1H3. The van der Waals surface area contributed by atoms with Gasteiger partial charge >= 0.3 is 6.09 Å². The van der Waals surface area contributed by atoms with E-state index in [1.807, 2.05) is 43.3 Å². The van der Waals surface area contributed by atoms with Gasteiger partial charge in [-0.25, -0.2) is 4.79 Å². The number of aryl methyl sites for hydroxylation is 1. The summed E-state index contributed by atoms with van der Waals surface area (Å²) in [5.41, 5.74) is 7.01. The SMILES string of the molecule is Cc1ccccc1C(O)C1CCN(C(=O)OCC2c3ccccc3-c3ccccc32)CC1. The molecule has 1 atom stereocenters. The zero-order valence-electron chi connectivity index (χ0n) is 18.4. The number of carbonyl (C=O) groups is 1. The maximum atomic E-state index is 12.8. The molecule has 0 aromatic heterocycles. The van der Waals surface area contributed by atoms with E-state index in [1.165, 1.54) is 22.3 Å². The minimum Gasteiger partial charge on any atom is -0.448 e. The fourth-order valence-corrected chi connectivity index (χ4v) is 5.26. The Balaban J connectivity index is 1.20. The largest absolute Gasteiger partial charge is 0.448 e. The maximum absolute atomic E-state index is 12.8. The zero-order chi connectivity index (χ0) is 22.1. The number of aliphatic hydroxyl groups excluding tert-OH is 1. The highest BCUT2D eigenvalue weighted by molar-refractivity contribution is 5.79. The van der Waals surface area contributed by atoms with Crippen molar-refractivity contribution in [3.05, 3.63) is 95.1 Å². The minimum absolute atomic E-state index is 0.0757. The van der Waals surface area contributed by atoms with Gasteiger partial charge in [0, 0.05) is 19.0 Å². The van der Waals surface area contributed by atoms with E-state index in [9.17, 15) is 9.90 Å². The van der Waals surface area contributed by atoms with Gasteiger partial charge in [-0.05, 0) is 59.1 Å². The average molecular weight is 428 g/mol. The van der Waals surface area contributed by atoms with Gasteiger partial charge in [0.2, 0.25) is 0 Å². The average Bonchev–Trinajstić information content (AvgIpc) is 3.16. The third-order valence-corrected chi connectivity index (χ3v) is 7.09. The number of carbonyl (C=O) groups excluding carboxylic acids is 1. The molecule has 0 radical (unpaired) electrons. The van der Waals surface area contributed by atoms with Crippen LogP contribution in [0.25, 0.3) is 11.1 Å². The molecule has 0 saturated carbocycles. The van der Waals surface area contributed by atoms with E-state index in [-0.39, 0.29) is 17.9 Å². The number of benzene rings is 3. The normalized spacial score (nSPS) is 17.0. The summed E-state index contributed by atoms with van der Waals surface area (Å²) in [5.74, 6) is 0.237. The Morgan fingerprint density at radius 3 is 2.12 bits per heavy atom. The fourth-order valence-electron chi connectivity index (χ4n) is 5.26. The van der Waals surface area contributed by atoms with E-state index in [0.29, 0.717) is 19.7 Å². The number of ether oxygens (including phenoxy) is 1. The number of hydrogen-bond acceptors (Lipinski definition) is 3. The van der Waals surface area contributed by atoms with Crippen LogP contribution in [-0.2, 0) is 4.74 Å². The Morgan fingerprint density at radius 1 is 0.938 bits per heavy atom. The van der Waals surface area contributed by atoms with E-state index in [2.05, 4.69) is 36.4 Å². The second kappa shape index (κ2) is 8.79. The van der Waals surface area contributed by atoms with Crippen molar-refractivity contribution < 1.29 is 14.6 Å². The van der Waals surface area contributed by atoms with Crippen LogP contribution in [0.2, 0.25) is 0 Å². The van der Waals surface area contributed by atoms with Gasteiger partial charge in [0.05, 0.1) is 6.10 Å². The summed E-state index contributed by atoms with van der Waals surface area (Å²) in [6.45, 7) is 3.61. The number of fused-ring (bicyclic) bond motifs is 3. The first-order valence-electron chi connectivity index (χ1n) is 11.5. The summed E-state index contributed by atoms with van der Waals surface area (Å²) in [4.78, 5) is 14.6. The fraction of sp³-hybridized carbons (Fsp3) is 0.321. The minimum atomic E-state index is -0.485. The van der Waals surface area contributed by atoms with Crippen molar-refractivity contribution >= 4 is 6.09 Å². The molecule has 1 aliphatic heterocycles. The molecule has 164 valence electrons. The maximum Gasteiger partial charge on any atom is 0.409 e. The van der Waals surface area contributed by atoms with Gasteiger partial charge < -0.3 is 14.7 Å². The summed E-state index contributed by atoms with van der Waals surface area (Å²) >= 11 is 0. The zero-order valence-corrected chi connectivity index (χ0v) is 18.4. The Labute approximate surface area is 189 Å². The molecule has 1 aliphatic carbocycles. The van der Waals surface area contributed by atoms with Crippen LogP contribution < -0.4 is 0 Å². The molecule has 0 bridgehead atoms. The lowest BCUT2D eigenvalue weighted by Crippen LogP contribution is -2.40. The number of amides is 1. The number of hydrogen-bond donors (Lipinski definition) is 1. The number of likely N-dealkylation sites (tertiary alicyclic amines) is 1. The molecule has 3 aromatic carbocycles. The molecule has 1 saturated heterocycles. The Hall–Kier alpha value is -3.11. The third-order valence-electron chi connectivity index (χ3n) is 7.09. The van der Waals surface area contributed by atoms with Crippen LogP contribution >= 0.6 is 0 Å². The molecule has 2 aliphatic rings. The quantitative estimate of drug-likeness (QED) is 0.582. The van der Waals surface area contributed by atoms with Gasteiger partial charge in [-0.15, -0.1) is 0 Å². The van der Waals surface area contributed by atoms with Crippen molar-refractivity contribution in [3.63, 3.8) is 0 Å². The highest BCUT2D eigenvalue weighted by atomic mass is 16.6. The van der Waals surface area contributed by atoms with Crippen LogP contribution in [0.4, 0.5) is 4.79 Å². The first-order chi connectivity index (χ1) is 15.6. The van der Waals surface area contributed by atoms with Crippen molar-refractivity contribution in [2.45, 2.75) is 31.8 Å². The van der Waals surface area contributed by atoms with Gasteiger partial charge in [-0.3, -0.25) is 0 Å². The molecule has 32 heavy (non-hydrogen) atoms. The summed E-state index contributed by atoms with van der Waals surface area (Å²) in [6.07, 6.45) is 0.816. The Bertz CT molecular complexity index is 1070. The predicted molar refractivity (Wildman–Crippen MR) is 126 cm³/mol. The highest BCUT2D eigenvalue weighted by Crippen LogP contribution is 2.44. The van der Waals surface area contributed by atoms with E-state index >= 15 is 0 Å². The predicted octanol–water partition coefficient (Wildman–Crippen LogP) is 5.69. The van der Waals surface area contributed by atoms with Crippen LogP contribution in [0.5, 0.6) is 0 Å². The third kappa shape index (κ3) is 3.80. The van der Waals surface area contributed by atoms with E-state index < -0.39 is 6.10 Å². The van der Waals surface area contributed by atoms with Gasteiger partial charge in [-0.1, -0.05) is 72.8 Å². The van der Waals surface area contributed by atoms with E-state index in [1.54, 1.807) is 4.90 Å². The molecule has 1 unspecified atom stereocenters. The first-order valence-corrected chi connectivity index (χ1v) is 11.5. The number of piperidine rings is 1. The first kappa shape index (κ1) is 20.8. The Morgan fingerprint density at radius 2 is 1.50 bits per heavy atom. The molecule has 5 rings (SSSR count). The smallest absolute Gasteiger partial charge is 0.409 e. The monoisotopic (exact) mass is 427 g/mol. The van der Waals surface area contributed by atoms with Gasteiger partial charge in [0.15, 0.2) is 0 Å². The number of nitrogens with zero attached hydrogens (tertiary/aromatic N) is 1. The summed E-state index contributed by atoms with van der Waals surface area (Å²) in [6, 6.07) is 24.7. The van der Waals surface area contributed by atoms with Crippen LogP contribution in [-0.4, -0.2) is 35.8 Å². The summed E-state index contributed by atoms with van der Waals surface area (Å²) < 4.78 is 5.80. The van der Waals surface area contributed by atoms with Gasteiger partial charge in [0.1, 0.15) is 6.61 Å². The van der Waals surface area contributed by atoms with Crippen molar-refractivity contribution in [2.75, 3.05) is 19.7 Å². The second-order valence-electron chi connectivity index (χ2n) is 8.93. The topological polar surface area (TPSA) is 49.8 Å². The molecule has 0 spiro atoms. The molecule has 1 N–H and O–H groups in total. The van der Waals surface area contributed by atoms with Crippen molar-refractivity contribution in [1.82, 2.24) is 4.90 Å². The molecule has 1 amide bonds. The van der Waals surface area contributed by atoms with Crippen LogP contribution in [0.15, 0.2) is 72.8 Å². The molecule has 3 aromatic rings. The van der Waals surface area contributed by atoms with Crippen LogP contribution in [0.3, 0.4) is 0 Å². The van der Waals surface area contributed by atoms with Crippen LogP contribution in [0, 0.1) is 12.8 Å². The van der Waals surface area contributed by atoms with Gasteiger partial charge in [0.25, 0.3) is 0 Å². The molecular weight excluding hydrogens is 398 g/mol. The van der Waals surface area contributed by atoms with Crippen molar-refractivity contribution in [3.8, 4) is 11.1 Å². The lowest BCUT2D eigenvalue weighted by molar-refractivity contribution is 0.0461. The van der Waals surface area contributed by atoms with Crippen molar-refractivity contribution in [1.29, 1.82) is 0 Å². The molecule has 1 heterocycles. The van der Waals surface area contributed by atoms with E-state index in [4.69, 9.17) is 4.74 Å². The summed E-state index contributed by atoms with van der Waals surface area (Å²) in [5, 5.41) is 10.8. The number of rotatable bonds is 4. The second-order valence-corrected chi connectivity index (χ2v) is 8.93. The lowest BCUT2D eigenvalue weighted by Gasteiger charge is -2.34. The molecule has 4 heteroatoms. The molecule has 4 nitrogen and oxygen atoms in total. The lowest BCUT2D eigenvalue weighted by atomic mass is 9.86. The molecular formula is C28H29NO3. The van der Waals surface area contributed by atoms with Crippen molar-refractivity contribution in [2.24, 2.45) is 5.92 Å². The van der Waals surface area contributed by atoms with Crippen LogP contribution in [0.1, 0.15) is 47.1 Å². The molecule has 1 fully saturated rings. The summed E-state index contributed by atoms with van der Waals surface area (Å²) in [7, 11) is 0. The van der Waals surface area contributed by atoms with E-state index in [0.717, 1.165) is 24.0 Å². The Kier molecular flexibility index (Phi) is 5.71.